The van der Waals surface area contributed by atoms with Gasteiger partial charge in [0.25, 0.3) is 0 Å². The third-order valence-electron chi connectivity index (χ3n) is 7.89. The van der Waals surface area contributed by atoms with Gasteiger partial charge in [0.05, 0.1) is 17.5 Å². The molecular formula is C27H30F5N7. The zero-order valence-corrected chi connectivity index (χ0v) is 21.4. The Hall–Kier alpha value is -3.41. The highest BCUT2D eigenvalue weighted by Gasteiger charge is 2.40. The third-order valence-corrected chi connectivity index (χ3v) is 7.89. The van der Waals surface area contributed by atoms with Crippen LogP contribution in [0.4, 0.5) is 22.0 Å². The van der Waals surface area contributed by atoms with Crippen LogP contribution < -0.4 is 5.32 Å². The smallest absolute Gasteiger partial charge is 0.324 e. The molecule has 2 saturated carbocycles. The molecule has 2 heterocycles. The van der Waals surface area contributed by atoms with Crippen molar-refractivity contribution >= 4 is 23.1 Å². The van der Waals surface area contributed by atoms with E-state index in [0.29, 0.717) is 16.8 Å². The molecule has 1 aromatic carbocycles. The predicted octanol–water partition coefficient (Wildman–Crippen LogP) is 6.32. The average Bonchev–Trinajstić information content (AvgIpc) is 3.45. The van der Waals surface area contributed by atoms with Crippen LogP contribution in [0.2, 0.25) is 0 Å². The highest BCUT2D eigenvalue weighted by molar-refractivity contribution is 5.96. The van der Waals surface area contributed by atoms with Crippen LogP contribution >= 0.6 is 0 Å². The normalized spacial score (nSPS) is 20.1. The second-order valence-corrected chi connectivity index (χ2v) is 10.5. The molecule has 0 bridgehead atoms. The van der Waals surface area contributed by atoms with E-state index in [9.17, 15) is 22.0 Å². The number of H-pyrrole nitrogens is 1. The average molecular weight is 548 g/mol. The van der Waals surface area contributed by atoms with Crippen molar-refractivity contribution in [3.05, 3.63) is 47.3 Å². The van der Waals surface area contributed by atoms with Gasteiger partial charge in [0, 0.05) is 49.3 Å². The van der Waals surface area contributed by atoms with E-state index in [1.807, 2.05) is 12.1 Å². The molecule has 0 unspecified atom stereocenters. The molecule has 12 heteroatoms. The number of likely N-dealkylation sites (N-methyl/N-ethyl adjacent to an activating group) is 1. The number of rotatable bonds is 8. The topological polar surface area (TPSA) is 105 Å². The monoisotopic (exact) mass is 547 g/mol. The summed E-state index contributed by atoms with van der Waals surface area (Å²) >= 11 is 0. The van der Waals surface area contributed by atoms with E-state index >= 15 is 0 Å². The predicted molar refractivity (Wildman–Crippen MR) is 138 cm³/mol. The third kappa shape index (κ3) is 5.52. The maximum Gasteiger partial charge on any atom is 0.433 e. The molecule has 0 aliphatic heterocycles. The van der Waals surface area contributed by atoms with Gasteiger partial charge in [-0.05, 0) is 42.9 Å². The van der Waals surface area contributed by atoms with Crippen molar-refractivity contribution in [2.75, 3.05) is 7.05 Å². The maximum absolute atomic E-state index is 13.8. The Labute approximate surface area is 222 Å². The van der Waals surface area contributed by atoms with Gasteiger partial charge in [-0.3, -0.25) is 15.9 Å². The van der Waals surface area contributed by atoms with Crippen molar-refractivity contribution in [2.24, 2.45) is 5.92 Å². The van der Waals surface area contributed by atoms with Crippen LogP contribution in [-0.2, 0) is 12.7 Å². The molecule has 0 spiro atoms. The first-order valence-corrected chi connectivity index (χ1v) is 13.0. The zero-order chi connectivity index (χ0) is 27.9. The Kier molecular flexibility index (Phi) is 7.17. The second kappa shape index (κ2) is 10.3. The van der Waals surface area contributed by atoms with Crippen LogP contribution in [0.3, 0.4) is 0 Å². The number of fused-ring (bicyclic) bond motifs is 1. The Morgan fingerprint density at radius 2 is 2.03 bits per heavy atom. The van der Waals surface area contributed by atoms with Crippen LogP contribution in [-0.4, -0.2) is 51.3 Å². The first kappa shape index (κ1) is 27.2. The van der Waals surface area contributed by atoms with Crippen molar-refractivity contribution in [2.45, 2.75) is 69.1 Å². The molecule has 3 aromatic rings. The number of amidine groups is 1. The van der Waals surface area contributed by atoms with Crippen molar-refractivity contribution in [1.29, 1.82) is 10.8 Å². The number of pyridine rings is 1. The van der Waals surface area contributed by atoms with Gasteiger partial charge >= 0.3 is 6.18 Å². The van der Waals surface area contributed by atoms with Crippen molar-refractivity contribution in [3.63, 3.8) is 0 Å². The van der Waals surface area contributed by atoms with Gasteiger partial charge in [-0.1, -0.05) is 24.6 Å². The molecule has 2 fully saturated rings. The van der Waals surface area contributed by atoms with E-state index in [2.05, 4.69) is 20.5 Å². The van der Waals surface area contributed by atoms with Crippen molar-refractivity contribution in [3.8, 4) is 11.3 Å². The minimum atomic E-state index is -4.71. The van der Waals surface area contributed by atoms with E-state index in [0.717, 1.165) is 37.2 Å². The largest absolute Gasteiger partial charge is 0.433 e. The van der Waals surface area contributed by atoms with E-state index < -0.39 is 23.8 Å². The Balaban J connectivity index is 1.52. The van der Waals surface area contributed by atoms with Crippen LogP contribution in [0, 0.1) is 16.7 Å². The molecule has 2 aliphatic carbocycles. The number of hydrogen-bond donors (Lipinski definition) is 4. The summed E-state index contributed by atoms with van der Waals surface area (Å²) < 4.78 is 68.7. The number of aromatic amines is 1. The van der Waals surface area contributed by atoms with Gasteiger partial charge in [-0.25, -0.2) is 13.8 Å². The minimum Gasteiger partial charge on any atom is -0.324 e. The maximum atomic E-state index is 13.8. The molecule has 0 saturated heterocycles. The second-order valence-electron chi connectivity index (χ2n) is 10.5. The van der Waals surface area contributed by atoms with Gasteiger partial charge in [0.2, 0.25) is 5.92 Å². The standard InChI is InChI=1S/C27H30F5N7/c1-39(14-33)25(34)22(15-4-2-5-15)16-6-3-7-17(10-16)23-19-11-21(27(30,31)32)36-20(24(19)38-37-23)13-35-18-8-9-26(28,29)12-18/h3,6-7,10-11,14-15,18,22,33-35H,2,4-5,8-9,12-13H2,1H3,(H,37,38)/t18-,22-/m1/s1. The zero-order valence-electron chi connectivity index (χ0n) is 21.4. The lowest BCUT2D eigenvalue weighted by Gasteiger charge is -2.36. The highest BCUT2D eigenvalue weighted by Crippen LogP contribution is 2.42. The lowest BCUT2D eigenvalue weighted by molar-refractivity contribution is -0.141. The molecule has 0 radical (unpaired) electrons. The van der Waals surface area contributed by atoms with Crippen LogP contribution in [0.5, 0.6) is 0 Å². The number of benzene rings is 1. The van der Waals surface area contributed by atoms with Crippen LogP contribution in [0.1, 0.15) is 61.4 Å². The summed E-state index contributed by atoms with van der Waals surface area (Å²) in [5.74, 6) is -2.50. The number of halogens is 5. The van der Waals surface area contributed by atoms with E-state index in [1.165, 1.54) is 4.90 Å². The highest BCUT2D eigenvalue weighted by atomic mass is 19.4. The van der Waals surface area contributed by atoms with Gasteiger partial charge in [0.1, 0.15) is 17.2 Å². The number of nitrogens with one attached hydrogen (secondary N) is 4. The van der Waals surface area contributed by atoms with E-state index in [4.69, 9.17) is 10.8 Å². The Bertz CT molecular complexity index is 1380. The summed E-state index contributed by atoms with van der Waals surface area (Å²) in [5.41, 5.74) is 1.03. The van der Waals surface area contributed by atoms with Crippen molar-refractivity contribution < 1.29 is 22.0 Å². The van der Waals surface area contributed by atoms with E-state index in [1.54, 1.807) is 19.2 Å². The first-order valence-electron chi connectivity index (χ1n) is 13.0. The fraction of sp³-hybridized carbons (Fsp3) is 0.481. The lowest BCUT2D eigenvalue weighted by atomic mass is 9.72. The molecule has 5 rings (SSSR count). The SMILES string of the molecule is CN(C=N)C(=N)[C@@H](c1cccc(-c2n[nH]c3c(CN[C@@H]4CCC(F)(F)C4)nc(C(F)(F)F)cc23)c1)C1CCC1. The molecule has 2 atom stereocenters. The van der Waals surface area contributed by atoms with Gasteiger partial charge < -0.3 is 10.2 Å². The molecule has 2 aromatic heterocycles. The molecule has 4 N–H and O–H groups in total. The number of nitrogens with zero attached hydrogens (tertiary/aromatic N) is 3. The van der Waals surface area contributed by atoms with Crippen LogP contribution in [0.25, 0.3) is 22.2 Å². The number of aromatic nitrogens is 3. The lowest BCUT2D eigenvalue weighted by Crippen LogP contribution is -2.36. The number of hydrogen-bond acceptors (Lipinski definition) is 5. The first-order chi connectivity index (χ1) is 18.5. The summed E-state index contributed by atoms with van der Waals surface area (Å²) in [6.45, 7) is -0.111. The molecule has 2 aliphatic rings. The molecular weight excluding hydrogens is 517 g/mol. The molecule has 7 nitrogen and oxygen atoms in total. The Morgan fingerprint density at radius 1 is 1.26 bits per heavy atom. The van der Waals surface area contributed by atoms with Gasteiger partial charge in [-0.2, -0.15) is 18.3 Å². The van der Waals surface area contributed by atoms with Gasteiger partial charge in [-0.15, -0.1) is 0 Å². The fourth-order valence-electron chi connectivity index (χ4n) is 5.53. The summed E-state index contributed by atoms with van der Waals surface area (Å²) in [5, 5.41) is 26.6. The summed E-state index contributed by atoms with van der Waals surface area (Å²) in [7, 11) is 1.65. The molecule has 39 heavy (non-hydrogen) atoms. The van der Waals surface area contributed by atoms with E-state index in [-0.39, 0.29) is 54.6 Å². The quantitative estimate of drug-likeness (QED) is 0.150. The fourth-order valence-corrected chi connectivity index (χ4v) is 5.53. The summed E-state index contributed by atoms with van der Waals surface area (Å²) in [6.07, 6.45) is -1.02. The van der Waals surface area contributed by atoms with Gasteiger partial charge in [0.15, 0.2) is 0 Å². The number of alkyl halides is 5. The molecule has 208 valence electrons. The van der Waals surface area contributed by atoms with Crippen LogP contribution in [0.15, 0.2) is 30.3 Å². The summed E-state index contributed by atoms with van der Waals surface area (Å²) in [4.78, 5) is 5.27. The Morgan fingerprint density at radius 3 is 2.64 bits per heavy atom. The molecule has 0 amide bonds. The minimum absolute atomic E-state index is 0.0617. The summed E-state index contributed by atoms with van der Waals surface area (Å²) in [6, 6.07) is 7.74. The van der Waals surface area contributed by atoms with Crippen molar-refractivity contribution in [1.82, 2.24) is 25.4 Å².